The number of aryl methyl sites for hydroxylation is 2. The van der Waals surface area contributed by atoms with Gasteiger partial charge in [-0.05, 0) is 38.1 Å². The summed E-state index contributed by atoms with van der Waals surface area (Å²) < 4.78 is 40.4. The van der Waals surface area contributed by atoms with Gasteiger partial charge in [0, 0.05) is 23.6 Å². The number of anilines is 2. The number of benzene rings is 1. The number of hydrogen-bond donors (Lipinski definition) is 1. The molecule has 9 heteroatoms. The van der Waals surface area contributed by atoms with Crippen LogP contribution in [0.15, 0.2) is 36.5 Å². The van der Waals surface area contributed by atoms with E-state index < -0.39 is 11.7 Å². The zero-order chi connectivity index (χ0) is 18.2. The molecular weight excluding hydrogens is 355 g/mol. The van der Waals surface area contributed by atoms with Crippen molar-refractivity contribution in [1.82, 2.24) is 19.7 Å². The number of nitrogens with one attached hydrogen (secondary N) is 1. The van der Waals surface area contributed by atoms with Gasteiger partial charge in [0.05, 0.1) is 16.3 Å². The lowest BCUT2D eigenvalue weighted by atomic mass is 10.2. The Kier molecular flexibility index (Phi) is 4.38. The first kappa shape index (κ1) is 17.2. The molecule has 2 aromatic heterocycles. The molecule has 2 heterocycles. The van der Waals surface area contributed by atoms with Crippen LogP contribution in [0.4, 0.5) is 24.7 Å². The highest BCUT2D eigenvalue weighted by atomic mass is 35.5. The molecule has 0 unspecified atom stereocenters. The van der Waals surface area contributed by atoms with Crippen molar-refractivity contribution < 1.29 is 13.2 Å². The van der Waals surface area contributed by atoms with Crippen molar-refractivity contribution >= 4 is 23.1 Å². The number of aromatic nitrogens is 4. The van der Waals surface area contributed by atoms with Crippen LogP contribution in [0.2, 0.25) is 5.02 Å². The molecule has 0 amide bonds. The summed E-state index contributed by atoms with van der Waals surface area (Å²) in [5, 5.41) is 6.72. The van der Waals surface area contributed by atoms with E-state index in [1.807, 2.05) is 6.92 Å². The summed E-state index contributed by atoms with van der Waals surface area (Å²) >= 11 is 5.63. The van der Waals surface area contributed by atoms with Gasteiger partial charge in [-0.3, -0.25) is 0 Å². The summed E-state index contributed by atoms with van der Waals surface area (Å²) in [5.74, 6) is 0.673. The molecule has 0 radical (unpaired) electrons. The highest BCUT2D eigenvalue weighted by Gasteiger charge is 2.33. The van der Waals surface area contributed by atoms with E-state index >= 15 is 0 Å². The van der Waals surface area contributed by atoms with Gasteiger partial charge in [-0.25, -0.2) is 9.67 Å². The minimum absolute atomic E-state index is 0.220. The molecule has 25 heavy (non-hydrogen) atoms. The Morgan fingerprint density at radius 2 is 1.80 bits per heavy atom. The van der Waals surface area contributed by atoms with E-state index in [2.05, 4.69) is 20.4 Å². The van der Waals surface area contributed by atoms with Gasteiger partial charge in [0.1, 0.15) is 5.82 Å². The summed E-state index contributed by atoms with van der Waals surface area (Å²) in [5.41, 5.74) is 0.753. The van der Waals surface area contributed by atoms with E-state index in [0.717, 1.165) is 11.8 Å². The van der Waals surface area contributed by atoms with Crippen molar-refractivity contribution in [3.8, 4) is 5.95 Å². The van der Waals surface area contributed by atoms with Crippen molar-refractivity contribution in [2.75, 3.05) is 5.32 Å². The Morgan fingerprint density at radius 3 is 2.44 bits per heavy atom. The highest BCUT2D eigenvalue weighted by Crippen LogP contribution is 2.36. The first-order valence-electron chi connectivity index (χ1n) is 7.24. The summed E-state index contributed by atoms with van der Waals surface area (Å²) in [4.78, 5) is 8.57. The SMILES string of the molecule is Cc1cc(Nc2ccc(Cl)c(C(F)(F)F)c2)nc(-n2ccc(C)n2)n1. The zero-order valence-electron chi connectivity index (χ0n) is 13.3. The minimum Gasteiger partial charge on any atom is -0.340 e. The molecule has 0 aliphatic rings. The van der Waals surface area contributed by atoms with Gasteiger partial charge < -0.3 is 5.32 Å². The Morgan fingerprint density at radius 1 is 1.04 bits per heavy atom. The largest absolute Gasteiger partial charge is 0.417 e. The van der Waals surface area contributed by atoms with Gasteiger partial charge in [-0.1, -0.05) is 11.6 Å². The third-order valence-corrected chi connectivity index (χ3v) is 3.64. The van der Waals surface area contributed by atoms with E-state index in [0.29, 0.717) is 17.5 Å². The van der Waals surface area contributed by atoms with Gasteiger partial charge in [0.25, 0.3) is 5.95 Å². The first-order chi connectivity index (χ1) is 11.7. The van der Waals surface area contributed by atoms with Crippen molar-refractivity contribution in [2.45, 2.75) is 20.0 Å². The second-order valence-corrected chi connectivity index (χ2v) is 5.82. The van der Waals surface area contributed by atoms with Crippen molar-refractivity contribution in [1.29, 1.82) is 0 Å². The van der Waals surface area contributed by atoms with Crippen LogP contribution in [-0.2, 0) is 6.18 Å². The van der Waals surface area contributed by atoms with Crippen LogP contribution in [0.1, 0.15) is 17.0 Å². The topological polar surface area (TPSA) is 55.6 Å². The second kappa shape index (κ2) is 6.36. The Bertz CT molecular complexity index is 920. The third-order valence-electron chi connectivity index (χ3n) is 3.31. The normalized spacial score (nSPS) is 11.6. The molecule has 0 saturated heterocycles. The molecule has 0 saturated carbocycles. The zero-order valence-corrected chi connectivity index (χ0v) is 14.0. The molecule has 1 aromatic carbocycles. The van der Waals surface area contributed by atoms with Crippen LogP contribution in [0.25, 0.3) is 5.95 Å². The second-order valence-electron chi connectivity index (χ2n) is 5.41. The van der Waals surface area contributed by atoms with Gasteiger partial charge in [-0.15, -0.1) is 0 Å². The lowest BCUT2D eigenvalue weighted by Gasteiger charge is -2.13. The summed E-state index contributed by atoms with van der Waals surface area (Å²) in [7, 11) is 0. The van der Waals surface area contributed by atoms with Gasteiger partial charge >= 0.3 is 6.18 Å². The smallest absolute Gasteiger partial charge is 0.340 e. The molecule has 1 N–H and O–H groups in total. The maximum absolute atomic E-state index is 13.0. The maximum atomic E-state index is 13.0. The molecule has 130 valence electrons. The van der Waals surface area contributed by atoms with Crippen LogP contribution in [0, 0.1) is 13.8 Å². The van der Waals surface area contributed by atoms with E-state index in [-0.39, 0.29) is 10.7 Å². The van der Waals surface area contributed by atoms with E-state index in [1.54, 1.807) is 25.3 Å². The molecule has 3 rings (SSSR count). The first-order valence-corrected chi connectivity index (χ1v) is 7.62. The Hall–Kier alpha value is -2.61. The van der Waals surface area contributed by atoms with E-state index in [1.165, 1.54) is 16.8 Å². The number of rotatable bonds is 3. The molecule has 0 fully saturated rings. The fourth-order valence-electron chi connectivity index (χ4n) is 2.21. The monoisotopic (exact) mass is 367 g/mol. The Labute approximate surface area is 146 Å². The van der Waals surface area contributed by atoms with Crippen LogP contribution >= 0.6 is 11.6 Å². The molecule has 0 bridgehead atoms. The van der Waals surface area contributed by atoms with Crippen LogP contribution < -0.4 is 5.32 Å². The summed E-state index contributed by atoms with van der Waals surface area (Å²) in [6.07, 6.45) is -2.83. The standard InChI is InChI=1S/C16H13ClF3N5/c1-9-5-6-25(24-9)15-21-10(2)7-14(23-15)22-11-3-4-13(17)12(8-11)16(18,19)20/h3-8H,1-2H3,(H,21,22,23). The molecule has 3 aromatic rings. The fraction of sp³-hybridized carbons (Fsp3) is 0.188. The third kappa shape index (κ3) is 3.90. The maximum Gasteiger partial charge on any atom is 0.417 e. The van der Waals surface area contributed by atoms with Gasteiger partial charge in [0.2, 0.25) is 0 Å². The average molecular weight is 368 g/mol. The van der Waals surface area contributed by atoms with Crippen LogP contribution in [-0.4, -0.2) is 19.7 Å². The highest BCUT2D eigenvalue weighted by molar-refractivity contribution is 6.31. The molecule has 0 atom stereocenters. The molecule has 0 aliphatic carbocycles. The molecule has 5 nitrogen and oxygen atoms in total. The summed E-state index contributed by atoms with van der Waals surface area (Å²) in [6, 6.07) is 7.01. The van der Waals surface area contributed by atoms with Crippen LogP contribution in [0.5, 0.6) is 0 Å². The average Bonchev–Trinajstić information content (AvgIpc) is 2.94. The van der Waals surface area contributed by atoms with E-state index in [4.69, 9.17) is 11.6 Å². The Balaban J connectivity index is 1.95. The molecule has 0 aliphatic heterocycles. The minimum atomic E-state index is -4.53. The lowest BCUT2D eigenvalue weighted by molar-refractivity contribution is -0.137. The van der Waals surface area contributed by atoms with Crippen molar-refractivity contribution in [3.63, 3.8) is 0 Å². The number of alkyl halides is 3. The molecular formula is C16H13ClF3N5. The van der Waals surface area contributed by atoms with Crippen molar-refractivity contribution in [2.24, 2.45) is 0 Å². The predicted molar refractivity (Wildman–Crippen MR) is 88.4 cm³/mol. The predicted octanol–water partition coefficient (Wildman–Crippen LogP) is 4.69. The fourth-order valence-corrected chi connectivity index (χ4v) is 2.44. The number of nitrogens with zero attached hydrogens (tertiary/aromatic N) is 4. The van der Waals surface area contributed by atoms with Crippen molar-refractivity contribution in [3.05, 3.63) is 58.5 Å². The summed E-state index contributed by atoms with van der Waals surface area (Å²) in [6.45, 7) is 3.59. The van der Waals surface area contributed by atoms with E-state index in [9.17, 15) is 13.2 Å². The molecule has 0 spiro atoms. The number of hydrogen-bond acceptors (Lipinski definition) is 4. The lowest BCUT2D eigenvalue weighted by Crippen LogP contribution is -2.08. The van der Waals surface area contributed by atoms with Crippen LogP contribution in [0.3, 0.4) is 0 Å². The number of halogens is 4. The quantitative estimate of drug-likeness (QED) is 0.729. The van der Waals surface area contributed by atoms with Gasteiger partial charge in [-0.2, -0.15) is 23.3 Å². The van der Waals surface area contributed by atoms with Gasteiger partial charge in [0.15, 0.2) is 0 Å².